The van der Waals surface area contributed by atoms with Crippen LogP contribution in [-0.2, 0) is 9.47 Å². The zero-order chi connectivity index (χ0) is 14.1. The number of nitrogens with one attached hydrogen (secondary N) is 1. The Morgan fingerprint density at radius 2 is 2.05 bits per heavy atom. The highest BCUT2D eigenvalue weighted by atomic mass is 16.6. The summed E-state index contributed by atoms with van der Waals surface area (Å²) in [6.07, 6.45) is 3.52. The number of rotatable bonds is 3. The Labute approximate surface area is 125 Å². The molecule has 4 nitrogen and oxygen atoms in total. The molecule has 2 atom stereocenters. The van der Waals surface area contributed by atoms with Crippen molar-refractivity contribution < 1.29 is 14.2 Å². The molecule has 2 saturated heterocycles. The Morgan fingerprint density at radius 3 is 2.95 bits per heavy atom. The van der Waals surface area contributed by atoms with Crippen molar-refractivity contribution in [3.63, 3.8) is 0 Å². The van der Waals surface area contributed by atoms with E-state index in [1.165, 1.54) is 5.56 Å². The van der Waals surface area contributed by atoms with E-state index in [9.17, 15) is 0 Å². The Morgan fingerprint density at radius 1 is 1.19 bits per heavy atom. The first kappa shape index (κ1) is 13.6. The van der Waals surface area contributed by atoms with E-state index in [1.807, 2.05) is 12.1 Å². The first-order valence-corrected chi connectivity index (χ1v) is 8.03. The van der Waals surface area contributed by atoms with Crippen LogP contribution in [0.2, 0.25) is 0 Å². The van der Waals surface area contributed by atoms with Crippen molar-refractivity contribution in [1.82, 2.24) is 5.32 Å². The third-order valence-corrected chi connectivity index (χ3v) is 5.02. The molecule has 0 aliphatic carbocycles. The number of piperidine rings is 1. The SMILES string of the molecule is c1ccc2c(c1)OCC2COC1COC2(CCNCC2)C1. The zero-order valence-corrected chi connectivity index (χ0v) is 12.3. The van der Waals surface area contributed by atoms with Gasteiger partial charge in [-0.15, -0.1) is 0 Å². The average Bonchev–Trinajstić information content (AvgIpc) is 3.11. The van der Waals surface area contributed by atoms with Gasteiger partial charge >= 0.3 is 0 Å². The number of benzene rings is 1. The minimum absolute atomic E-state index is 0.0833. The highest BCUT2D eigenvalue weighted by Gasteiger charge is 2.41. The van der Waals surface area contributed by atoms with E-state index in [1.54, 1.807) is 0 Å². The molecule has 3 aliphatic heterocycles. The summed E-state index contributed by atoms with van der Waals surface area (Å²) in [4.78, 5) is 0. The maximum atomic E-state index is 6.15. The summed E-state index contributed by atoms with van der Waals surface area (Å²) in [5, 5.41) is 3.40. The lowest BCUT2D eigenvalue weighted by Gasteiger charge is -2.32. The molecule has 2 unspecified atom stereocenters. The van der Waals surface area contributed by atoms with Crippen LogP contribution in [0.25, 0.3) is 0 Å². The Balaban J connectivity index is 1.32. The molecule has 21 heavy (non-hydrogen) atoms. The molecule has 0 saturated carbocycles. The highest BCUT2D eigenvalue weighted by Crippen LogP contribution is 2.37. The Kier molecular flexibility index (Phi) is 3.61. The van der Waals surface area contributed by atoms with Crippen molar-refractivity contribution in [2.75, 3.05) is 32.9 Å². The number of para-hydroxylation sites is 1. The van der Waals surface area contributed by atoms with Gasteiger partial charge in [-0.1, -0.05) is 18.2 Å². The molecule has 4 rings (SSSR count). The van der Waals surface area contributed by atoms with Crippen LogP contribution in [-0.4, -0.2) is 44.6 Å². The summed E-state index contributed by atoms with van der Waals surface area (Å²) >= 11 is 0. The lowest BCUT2D eigenvalue weighted by Crippen LogP contribution is -2.41. The quantitative estimate of drug-likeness (QED) is 0.925. The van der Waals surface area contributed by atoms with Gasteiger partial charge in [-0.25, -0.2) is 0 Å². The van der Waals surface area contributed by atoms with Crippen LogP contribution in [0, 0.1) is 0 Å². The van der Waals surface area contributed by atoms with E-state index in [0.717, 1.165) is 57.9 Å². The summed E-state index contributed by atoms with van der Waals surface area (Å²) in [6.45, 7) is 4.35. The molecule has 0 amide bonds. The smallest absolute Gasteiger partial charge is 0.123 e. The van der Waals surface area contributed by atoms with Crippen molar-refractivity contribution in [2.45, 2.75) is 36.9 Å². The number of hydrogen-bond donors (Lipinski definition) is 1. The molecular weight excluding hydrogens is 266 g/mol. The Bertz CT molecular complexity index is 499. The Hall–Kier alpha value is -1.10. The fourth-order valence-electron chi connectivity index (χ4n) is 3.76. The predicted octanol–water partition coefficient (Wildman–Crippen LogP) is 2.09. The van der Waals surface area contributed by atoms with Gasteiger partial charge in [0.1, 0.15) is 5.75 Å². The largest absolute Gasteiger partial charge is 0.493 e. The zero-order valence-electron chi connectivity index (χ0n) is 12.3. The molecule has 1 aromatic carbocycles. The van der Waals surface area contributed by atoms with Crippen LogP contribution >= 0.6 is 0 Å². The lowest BCUT2D eigenvalue weighted by atomic mass is 9.89. The maximum absolute atomic E-state index is 6.15. The van der Waals surface area contributed by atoms with Gasteiger partial charge in [-0.05, 0) is 32.0 Å². The standard InChI is InChI=1S/C17H23NO3/c1-2-4-16-15(3-1)13(11-20-16)10-19-14-9-17(21-12-14)5-7-18-8-6-17/h1-4,13-14,18H,5-12H2. The molecule has 1 N–H and O–H groups in total. The van der Waals surface area contributed by atoms with Gasteiger partial charge in [0.05, 0.1) is 31.5 Å². The summed E-state index contributed by atoms with van der Waals surface area (Å²) in [6, 6.07) is 8.28. The number of ether oxygens (including phenoxy) is 3. The fraction of sp³-hybridized carbons (Fsp3) is 0.647. The van der Waals surface area contributed by atoms with Crippen molar-refractivity contribution in [3.8, 4) is 5.75 Å². The summed E-state index contributed by atoms with van der Waals surface area (Å²) in [7, 11) is 0. The number of fused-ring (bicyclic) bond motifs is 1. The van der Waals surface area contributed by atoms with Crippen molar-refractivity contribution in [2.24, 2.45) is 0 Å². The van der Waals surface area contributed by atoms with Gasteiger partial charge in [0.15, 0.2) is 0 Å². The normalized spacial score (nSPS) is 30.3. The second kappa shape index (κ2) is 5.59. The van der Waals surface area contributed by atoms with Crippen molar-refractivity contribution in [3.05, 3.63) is 29.8 Å². The maximum Gasteiger partial charge on any atom is 0.123 e. The molecule has 3 aliphatic rings. The molecule has 0 radical (unpaired) electrons. The monoisotopic (exact) mass is 289 g/mol. The van der Waals surface area contributed by atoms with Crippen molar-refractivity contribution >= 4 is 0 Å². The lowest BCUT2D eigenvalue weighted by molar-refractivity contribution is -0.0239. The third-order valence-electron chi connectivity index (χ3n) is 5.02. The molecule has 1 spiro atoms. The molecular formula is C17H23NO3. The second-order valence-corrected chi connectivity index (χ2v) is 6.45. The summed E-state index contributed by atoms with van der Waals surface area (Å²) in [5.41, 5.74) is 1.37. The molecule has 114 valence electrons. The summed E-state index contributed by atoms with van der Waals surface area (Å²) in [5.74, 6) is 1.38. The van der Waals surface area contributed by atoms with E-state index in [-0.39, 0.29) is 11.7 Å². The van der Waals surface area contributed by atoms with Crippen LogP contribution in [0.4, 0.5) is 0 Å². The number of hydrogen-bond acceptors (Lipinski definition) is 4. The average molecular weight is 289 g/mol. The van der Waals surface area contributed by atoms with Gasteiger partial charge in [-0.2, -0.15) is 0 Å². The van der Waals surface area contributed by atoms with Crippen LogP contribution in [0.1, 0.15) is 30.7 Å². The van der Waals surface area contributed by atoms with Crippen LogP contribution in [0.5, 0.6) is 5.75 Å². The van der Waals surface area contributed by atoms with Gasteiger partial charge in [0, 0.05) is 17.9 Å². The van der Waals surface area contributed by atoms with E-state index >= 15 is 0 Å². The minimum Gasteiger partial charge on any atom is -0.493 e. The van der Waals surface area contributed by atoms with Gasteiger partial charge in [0.25, 0.3) is 0 Å². The van der Waals surface area contributed by atoms with Crippen LogP contribution in [0.15, 0.2) is 24.3 Å². The van der Waals surface area contributed by atoms with E-state index in [4.69, 9.17) is 14.2 Å². The molecule has 1 aromatic rings. The van der Waals surface area contributed by atoms with Crippen LogP contribution in [0.3, 0.4) is 0 Å². The molecule has 3 heterocycles. The van der Waals surface area contributed by atoms with Gasteiger partial charge in [0.2, 0.25) is 0 Å². The first-order chi connectivity index (χ1) is 10.3. The van der Waals surface area contributed by atoms with E-state index in [0.29, 0.717) is 5.92 Å². The third kappa shape index (κ3) is 2.68. The van der Waals surface area contributed by atoms with Gasteiger partial charge in [-0.3, -0.25) is 0 Å². The van der Waals surface area contributed by atoms with E-state index in [2.05, 4.69) is 17.4 Å². The topological polar surface area (TPSA) is 39.7 Å². The van der Waals surface area contributed by atoms with Gasteiger partial charge < -0.3 is 19.5 Å². The summed E-state index contributed by atoms with van der Waals surface area (Å²) < 4.78 is 17.9. The molecule has 0 bridgehead atoms. The second-order valence-electron chi connectivity index (χ2n) is 6.45. The molecule has 0 aromatic heterocycles. The predicted molar refractivity (Wildman–Crippen MR) is 79.8 cm³/mol. The van der Waals surface area contributed by atoms with Crippen molar-refractivity contribution in [1.29, 1.82) is 0 Å². The fourth-order valence-corrected chi connectivity index (χ4v) is 3.76. The van der Waals surface area contributed by atoms with E-state index < -0.39 is 0 Å². The van der Waals surface area contributed by atoms with Crippen LogP contribution < -0.4 is 10.1 Å². The minimum atomic E-state index is 0.0833. The highest BCUT2D eigenvalue weighted by molar-refractivity contribution is 5.39. The first-order valence-electron chi connectivity index (χ1n) is 8.03. The molecule has 2 fully saturated rings. The molecule has 4 heteroatoms.